The normalized spacial score (nSPS) is 14.7. The number of aryl methyl sites for hydroxylation is 1. The molecule has 1 aliphatic rings. The van der Waals surface area contributed by atoms with Crippen LogP contribution in [0.15, 0.2) is 10.6 Å². The number of nitrogens with one attached hydrogen (secondary N) is 1. The number of carbonyl (C=O) groups is 3. The van der Waals surface area contributed by atoms with Crippen molar-refractivity contribution in [3.8, 4) is 0 Å². The van der Waals surface area contributed by atoms with Crippen molar-refractivity contribution in [3.05, 3.63) is 17.5 Å². The summed E-state index contributed by atoms with van der Waals surface area (Å²) in [4.78, 5) is 38.5. The van der Waals surface area contributed by atoms with Crippen LogP contribution in [0.3, 0.4) is 0 Å². The third-order valence-corrected chi connectivity index (χ3v) is 3.76. The van der Waals surface area contributed by atoms with Crippen molar-refractivity contribution < 1.29 is 18.9 Å². The van der Waals surface area contributed by atoms with Gasteiger partial charge in [-0.1, -0.05) is 5.16 Å². The van der Waals surface area contributed by atoms with Gasteiger partial charge in [0.25, 0.3) is 0 Å². The zero-order valence-corrected chi connectivity index (χ0v) is 13.5. The molecule has 0 aromatic carbocycles. The summed E-state index contributed by atoms with van der Waals surface area (Å²) in [6.45, 7) is 5.82. The standard InChI is InChI=1S/C15H22N4O4/c1-11-9-13(17-23-11)10-14(21)16-4-3-15(22)19-7-5-18(6-8-19)12(2)20/h9H,3-8,10H2,1-2H3,(H,16,21). The van der Waals surface area contributed by atoms with E-state index in [-0.39, 0.29) is 30.6 Å². The van der Waals surface area contributed by atoms with Gasteiger partial charge in [0.2, 0.25) is 17.7 Å². The van der Waals surface area contributed by atoms with E-state index in [0.29, 0.717) is 44.2 Å². The summed E-state index contributed by atoms with van der Waals surface area (Å²) in [5.74, 6) is 0.499. The first-order valence-electron chi connectivity index (χ1n) is 7.68. The summed E-state index contributed by atoms with van der Waals surface area (Å²) in [7, 11) is 0. The molecule has 1 aliphatic heterocycles. The summed E-state index contributed by atoms with van der Waals surface area (Å²) < 4.78 is 4.89. The van der Waals surface area contributed by atoms with Crippen LogP contribution < -0.4 is 5.32 Å². The van der Waals surface area contributed by atoms with Crippen molar-refractivity contribution in [2.45, 2.75) is 26.7 Å². The van der Waals surface area contributed by atoms with E-state index < -0.39 is 0 Å². The average Bonchev–Trinajstić information content (AvgIpc) is 2.92. The van der Waals surface area contributed by atoms with E-state index in [0.717, 1.165) is 0 Å². The molecule has 8 heteroatoms. The summed E-state index contributed by atoms with van der Waals surface area (Å²) in [5.41, 5.74) is 0.576. The number of carbonyl (C=O) groups excluding carboxylic acids is 3. The van der Waals surface area contributed by atoms with Gasteiger partial charge in [-0.25, -0.2) is 0 Å². The highest BCUT2D eigenvalue weighted by molar-refractivity contribution is 5.80. The Kier molecular flexibility index (Phi) is 5.72. The van der Waals surface area contributed by atoms with Gasteiger partial charge >= 0.3 is 0 Å². The molecule has 0 radical (unpaired) electrons. The second kappa shape index (κ2) is 7.75. The van der Waals surface area contributed by atoms with E-state index in [9.17, 15) is 14.4 Å². The lowest BCUT2D eigenvalue weighted by Crippen LogP contribution is -2.50. The highest BCUT2D eigenvalue weighted by Gasteiger charge is 2.22. The van der Waals surface area contributed by atoms with Crippen LogP contribution in [0.2, 0.25) is 0 Å². The maximum atomic E-state index is 12.1. The Morgan fingerprint density at radius 2 is 1.87 bits per heavy atom. The molecular weight excluding hydrogens is 300 g/mol. The molecule has 2 heterocycles. The number of aromatic nitrogens is 1. The Bertz CT molecular complexity index is 576. The predicted molar refractivity (Wildman–Crippen MR) is 81.4 cm³/mol. The van der Waals surface area contributed by atoms with Crippen LogP contribution in [0.1, 0.15) is 24.8 Å². The topological polar surface area (TPSA) is 95.8 Å². The van der Waals surface area contributed by atoms with Crippen molar-refractivity contribution >= 4 is 17.7 Å². The van der Waals surface area contributed by atoms with Crippen LogP contribution in [0, 0.1) is 6.92 Å². The van der Waals surface area contributed by atoms with E-state index in [1.807, 2.05) is 0 Å². The fourth-order valence-electron chi connectivity index (χ4n) is 2.47. The highest BCUT2D eigenvalue weighted by atomic mass is 16.5. The van der Waals surface area contributed by atoms with E-state index in [1.165, 1.54) is 6.92 Å². The Hall–Kier alpha value is -2.38. The molecule has 0 bridgehead atoms. The molecule has 2 rings (SSSR count). The van der Waals surface area contributed by atoms with E-state index in [1.54, 1.807) is 22.8 Å². The van der Waals surface area contributed by atoms with E-state index >= 15 is 0 Å². The molecule has 0 atom stereocenters. The van der Waals surface area contributed by atoms with Gasteiger partial charge in [0.05, 0.1) is 12.1 Å². The Morgan fingerprint density at radius 1 is 1.22 bits per heavy atom. The minimum Gasteiger partial charge on any atom is -0.361 e. The molecule has 1 saturated heterocycles. The zero-order chi connectivity index (χ0) is 16.8. The second-order valence-electron chi connectivity index (χ2n) is 5.59. The first-order chi connectivity index (χ1) is 11.0. The number of rotatable bonds is 5. The van der Waals surface area contributed by atoms with Gasteiger partial charge in [0.15, 0.2) is 0 Å². The van der Waals surface area contributed by atoms with Crippen molar-refractivity contribution in [2.75, 3.05) is 32.7 Å². The van der Waals surface area contributed by atoms with Gasteiger partial charge in [-0.3, -0.25) is 14.4 Å². The second-order valence-corrected chi connectivity index (χ2v) is 5.59. The van der Waals surface area contributed by atoms with Crippen LogP contribution in [0.5, 0.6) is 0 Å². The van der Waals surface area contributed by atoms with Crippen molar-refractivity contribution in [3.63, 3.8) is 0 Å². The minimum absolute atomic E-state index is 0.00853. The first-order valence-corrected chi connectivity index (χ1v) is 7.68. The highest BCUT2D eigenvalue weighted by Crippen LogP contribution is 2.04. The maximum Gasteiger partial charge on any atom is 0.226 e. The predicted octanol–water partition coefficient (Wildman–Crippen LogP) is -0.277. The molecule has 1 fully saturated rings. The monoisotopic (exact) mass is 322 g/mol. The van der Waals surface area contributed by atoms with Crippen LogP contribution in [0.25, 0.3) is 0 Å². The van der Waals surface area contributed by atoms with Crippen LogP contribution in [-0.4, -0.2) is 65.4 Å². The summed E-state index contributed by atoms with van der Waals surface area (Å²) >= 11 is 0. The Balaban J connectivity index is 1.65. The van der Waals surface area contributed by atoms with Gasteiger partial charge in [-0.2, -0.15) is 0 Å². The third-order valence-electron chi connectivity index (χ3n) is 3.76. The summed E-state index contributed by atoms with van der Waals surface area (Å²) in [6.07, 6.45) is 0.395. The Labute approximate surface area is 134 Å². The number of nitrogens with zero attached hydrogens (tertiary/aromatic N) is 3. The van der Waals surface area contributed by atoms with Crippen molar-refractivity contribution in [2.24, 2.45) is 0 Å². The number of amides is 3. The molecule has 23 heavy (non-hydrogen) atoms. The number of hydrogen-bond donors (Lipinski definition) is 1. The van der Waals surface area contributed by atoms with Gasteiger partial charge in [-0.05, 0) is 6.92 Å². The SMILES string of the molecule is CC(=O)N1CCN(C(=O)CCNC(=O)Cc2cc(C)on2)CC1. The molecule has 1 aromatic heterocycles. The summed E-state index contributed by atoms with van der Waals surface area (Å²) in [6, 6.07) is 1.71. The van der Waals surface area contributed by atoms with E-state index in [2.05, 4.69) is 10.5 Å². The summed E-state index contributed by atoms with van der Waals surface area (Å²) in [5, 5.41) is 6.46. The zero-order valence-electron chi connectivity index (χ0n) is 13.5. The van der Waals surface area contributed by atoms with Gasteiger partial charge in [0.1, 0.15) is 5.76 Å². The number of hydrogen-bond acceptors (Lipinski definition) is 5. The van der Waals surface area contributed by atoms with Crippen LogP contribution >= 0.6 is 0 Å². The molecule has 126 valence electrons. The van der Waals surface area contributed by atoms with E-state index in [4.69, 9.17) is 4.52 Å². The molecule has 0 unspecified atom stereocenters. The van der Waals surface area contributed by atoms with Crippen molar-refractivity contribution in [1.82, 2.24) is 20.3 Å². The Morgan fingerprint density at radius 3 is 2.43 bits per heavy atom. The quantitative estimate of drug-likeness (QED) is 0.804. The third kappa shape index (κ3) is 5.08. The molecule has 0 aliphatic carbocycles. The van der Waals surface area contributed by atoms with Crippen LogP contribution in [-0.2, 0) is 20.8 Å². The maximum absolute atomic E-state index is 12.1. The van der Waals surface area contributed by atoms with Gasteiger partial charge in [-0.15, -0.1) is 0 Å². The molecule has 3 amide bonds. The fourth-order valence-corrected chi connectivity index (χ4v) is 2.47. The van der Waals surface area contributed by atoms with Crippen LogP contribution in [0.4, 0.5) is 0 Å². The molecule has 0 saturated carbocycles. The smallest absolute Gasteiger partial charge is 0.226 e. The largest absolute Gasteiger partial charge is 0.361 e. The lowest BCUT2D eigenvalue weighted by atomic mass is 10.2. The number of piperazine rings is 1. The molecule has 0 spiro atoms. The molecule has 8 nitrogen and oxygen atoms in total. The molecule has 1 N–H and O–H groups in total. The average molecular weight is 322 g/mol. The molecule has 1 aromatic rings. The van der Waals surface area contributed by atoms with Gasteiger partial charge < -0.3 is 19.6 Å². The lowest BCUT2D eigenvalue weighted by molar-refractivity contribution is -0.138. The minimum atomic E-state index is -0.188. The fraction of sp³-hybridized carbons (Fsp3) is 0.600. The lowest BCUT2D eigenvalue weighted by Gasteiger charge is -2.34. The van der Waals surface area contributed by atoms with Gasteiger partial charge in [0, 0.05) is 52.1 Å². The molecular formula is C15H22N4O4. The van der Waals surface area contributed by atoms with Crippen molar-refractivity contribution in [1.29, 1.82) is 0 Å². The first kappa shape index (κ1) is 17.0.